The van der Waals surface area contributed by atoms with Gasteiger partial charge in [-0.05, 0) is 31.2 Å². The number of hydrogen-bond acceptors (Lipinski definition) is 3. The van der Waals surface area contributed by atoms with Gasteiger partial charge in [-0.3, -0.25) is 4.90 Å². The molecule has 0 bridgehead atoms. The standard InChI is InChI=1S/C12H24N2O/c1-11-8-13-4-5-14(9-11)6-7-15-10-12-2-3-12/h11-13H,2-10H2,1H3. The van der Waals surface area contributed by atoms with Crippen molar-refractivity contribution in [2.75, 3.05) is 45.9 Å². The van der Waals surface area contributed by atoms with Gasteiger partial charge in [0.1, 0.15) is 0 Å². The van der Waals surface area contributed by atoms with E-state index in [9.17, 15) is 0 Å². The summed E-state index contributed by atoms with van der Waals surface area (Å²) >= 11 is 0. The summed E-state index contributed by atoms with van der Waals surface area (Å²) in [5.41, 5.74) is 0. The Morgan fingerprint density at radius 3 is 3.07 bits per heavy atom. The van der Waals surface area contributed by atoms with Crippen LogP contribution in [-0.2, 0) is 4.74 Å². The summed E-state index contributed by atoms with van der Waals surface area (Å²) in [5.74, 6) is 1.67. The van der Waals surface area contributed by atoms with E-state index in [-0.39, 0.29) is 0 Å². The highest BCUT2D eigenvalue weighted by molar-refractivity contribution is 4.73. The monoisotopic (exact) mass is 212 g/mol. The molecule has 1 N–H and O–H groups in total. The molecule has 1 saturated carbocycles. The fourth-order valence-corrected chi connectivity index (χ4v) is 2.11. The Balaban J connectivity index is 1.55. The van der Waals surface area contributed by atoms with E-state index in [1.165, 1.54) is 32.5 Å². The van der Waals surface area contributed by atoms with Crippen molar-refractivity contribution in [2.24, 2.45) is 11.8 Å². The van der Waals surface area contributed by atoms with Gasteiger partial charge >= 0.3 is 0 Å². The molecule has 15 heavy (non-hydrogen) atoms. The summed E-state index contributed by atoms with van der Waals surface area (Å²) in [6.07, 6.45) is 2.79. The van der Waals surface area contributed by atoms with E-state index in [1.54, 1.807) is 0 Å². The Bertz CT molecular complexity index is 182. The molecule has 88 valence electrons. The smallest absolute Gasteiger partial charge is 0.0593 e. The lowest BCUT2D eigenvalue weighted by Crippen LogP contribution is -2.32. The van der Waals surface area contributed by atoms with Gasteiger partial charge in [-0.25, -0.2) is 0 Å². The summed E-state index contributed by atoms with van der Waals surface area (Å²) in [4.78, 5) is 2.53. The second kappa shape index (κ2) is 5.83. The molecule has 0 aromatic carbocycles. The summed E-state index contributed by atoms with van der Waals surface area (Å²) in [6.45, 7) is 10.0. The van der Waals surface area contributed by atoms with Crippen molar-refractivity contribution in [3.8, 4) is 0 Å². The number of ether oxygens (including phenoxy) is 1. The third-order valence-corrected chi connectivity index (χ3v) is 3.27. The van der Waals surface area contributed by atoms with Gasteiger partial charge < -0.3 is 10.1 Å². The van der Waals surface area contributed by atoms with Gasteiger partial charge in [0.25, 0.3) is 0 Å². The molecule has 1 aliphatic heterocycles. The number of hydrogen-bond donors (Lipinski definition) is 1. The zero-order chi connectivity index (χ0) is 10.5. The first kappa shape index (κ1) is 11.4. The molecule has 2 aliphatic rings. The molecule has 0 spiro atoms. The summed E-state index contributed by atoms with van der Waals surface area (Å²) < 4.78 is 5.67. The lowest BCUT2D eigenvalue weighted by molar-refractivity contribution is 0.0952. The van der Waals surface area contributed by atoms with E-state index in [1.807, 2.05) is 0 Å². The van der Waals surface area contributed by atoms with E-state index in [4.69, 9.17) is 4.74 Å². The van der Waals surface area contributed by atoms with Crippen LogP contribution in [0.2, 0.25) is 0 Å². The highest BCUT2D eigenvalue weighted by atomic mass is 16.5. The minimum atomic E-state index is 0.774. The molecular weight excluding hydrogens is 188 g/mol. The molecule has 0 aromatic heterocycles. The van der Waals surface area contributed by atoms with Crippen LogP contribution in [0.25, 0.3) is 0 Å². The first-order valence-corrected chi connectivity index (χ1v) is 6.35. The molecule has 1 unspecified atom stereocenters. The van der Waals surface area contributed by atoms with Crippen molar-refractivity contribution in [3.05, 3.63) is 0 Å². The first-order valence-electron chi connectivity index (χ1n) is 6.35. The zero-order valence-electron chi connectivity index (χ0n) is 9.87. The molecule has 0 amide bonds. The van der Waals surface area contributed by atoms with Crippen LogP contribution in [0.15, 0.2) is 0 Å². The Hall–Kier alpha value is -0.120. The van der Waals surface area contributed by atoms with Gasteiger partial charge in [-0.1, -0.05) is 6.92 Å². The lowest BCUT2D eigenvalue weighted by Gasteiger charge is -2.21. The van der Waals surface area contributed by atoms with E-state index in [0.29, 0.717) is 0 Å². The Kier molecular flexibility index (Phi) is 4.42. The zero-order valence-corrected chi connectivity index (χ0v) is 9.87. The summed E-state index contributed by atoms with van der Waals surface area (Å²) in [7, 11) is 0. The van der Waals surface area contributed by atoms with Gasteiger partial charge in [0.15, 0.2) is 0 Å². The predicted molar refractivity (Wildman–Crippen MR) is 62.0 cm³/mol. The normalized spacial score (nSPS) is 29.0. The second-order valence-electron chi connectivity index (χ2n) is 5.13. The van der Waals surface area contributed by atoms with E-state index in [0.717, 1.165) is 38.1 Å². The van der Waals surface area contributed by atoms with Crippen molar-refractivity contribution in [1.29, 1.82) is 0 Å². The maximum Gasteiger partial charge on any atom is 0.0593 e. The fraction of sp³-hybridized carbons (Fsp3) is 1.00. The van der Waals surface area contributed by atoms with Crippen molar-refractivity contribution >= 4 is 0 Å². The molecule has 2 fully saturated rings. The number of rotatable bonds is 5. The molecule has 0 aromatic rings. The van der Waals surface area contributed by atoms with Crippen molar-refractivity contribution in [2.45, 2.75) is 19.8 Å². The molecule has 1 saturated heterocycles. The van der Waals surface area contributed by atoms with Crippen LogP contribution in [0.5, 0.6) is 0 Å². The quantitative estimate of drug-likeness (QED) is 0.687. The Morgan fingerprint density at radius 1 is 1.40 bits per heavy atom. The number of nitrogens with zero attached hydrogens (tertiary/aromatic N) is 1. The number of nitrogens with one attached hydrogen (secondary N) is 1. The molecule has 2 rings (SSSR count). The highest BCUT2D eigenvalue weighted by Gasteiger charge is 2.21. The Labute approximate surface area is 93.2 Å². The van der Waals surface area contributed by atoms with Gasteiger partial charge in [-0.15, -0.1) is 0 Å². The van der Waals surface area contributed by atoms with Gasteiger partial charge in [0.2, 0.25) is 0 Å². The third kappa shape index (κ3) is 4.49. The largest absolute Gasteiger partial charge is 0.380 e. The molecule has 1 aliphatic carbocycles. The van der Waals surface area contributed by atoms with Crippen LogP contribution in [0.4, 0.5) is 0 Å². The molecule has 3 heteroatoms. The van der Waals surface area contributed by atoms with E-state index >= 15 is 0 Å². The average molecular weight is 212 g/mol. The van der Waals surface area contributed by atoms with Gasteiger partial charge in [-0.2, -0.15) is 0 Å². The molecule has 3 nitrogen and oxygen atoms in total. The van der Waals surface area contributed by atoms with Crippen LogP contribution in [0.3, 0.4) is 0 Å². The maximum absolute atomic E-state index is 5.67. The van der Waals surface area contributed by atoms with Gasteiger partial charge in [0, 0.05) is 32.8 Å². The summed E-state index contributed by atoms with van der Waals surface area (Å²) in [6, 6.07) is 0. The Morgan fingerprint density at radius 2 is 2.27 bits per heavy atom. The summed E-state index contributed by atoms with van der Waals surface area (Å²) in [5, 5.41) is 3.46. The fourth-order valence-electron chi connectivity index (χ4n) is 2.11. The maximum atomic E-state index is 5.67. The first-order chi connectivity index (χ1) is 7.34. The minimum Gasteiger partial charge on any atom is -0.380 e. The molecule has 1 heterocycles. The SMILES string of the molecule is CC1CNCCN(CCOCC2CC2)C1. The highest BCUT2D eigenvalue weighted by Crippen LogP contribution is 2.28. The third-order valence-electron chi connectivity index (χ3n) is 3.27. The van der Waals surface area contributed by atoms with Crippen LogP contribution in [0, 0.1) is 11.8 Å². The van der Waals surface area contributed by atoms with Gasteiger partial charge in [0.05, 0.1) is 6.61 Å². The molecule has 1 atom stereocenters. The molecule has 0 radical (unpaired) electrons. The van der Waals surface area contributed by atoms with E-state index in [2.05, 4.69) is 17.1 Å². The minimum absolute atomic E-state index is 0.774. The molecular formula is C12H24N2O. The van der Waals surface area contributed by atoms with Crippen LogP contribution in [0.1, 0.15) is 19.8 Å². The average Bonchev–Trinajstić information content (AvgIpc) is 3.01. The topological polar surface area (TPSA) is 24.5 Å². The van der Waals surface area contributed by atoms with Crippen LogP contribution >= 0.6 is 0 Å². The van der Waals surface area contributed by atoms with Crippen molar-refractivity contribution < 1.29 is 4.74 Å². The van der Waals surface area contributed by atoms with Crippen molar-refractivity contribution in [1.82, 2.24) is 10.2 Å². The van der Waals surface area contributed by atoms with Crippen molar-refractivity contribution in [3.63, 3.8) is 0 Å². The predicted octanol–water partition coefficient (Wildman–Crippen LogP) is 0.954. The van der Waals surface area contributed by atoms with E-state index < -0.39 is 0 Å². The second-order valence-corrected chi connectivity index (χ2v) is 5.13. The van der Waals surface area contributed by atoms with Crippen LogP contribution in [-0.4, -0.2) is 50.8 Å². The lowest BCUT2D eigenvalue weighted by atomic mass is 10.2. The van der Waals surface area contributed by atoms with Crippen LogP contribution < -0.4 is 5.32 Å².